The van der Waals surface area contributed by atoms with Crippen molar-refractivity contribution in [3.05, 3.63) is 0 Å². The molecule has 0 saturated carbocycles. The maximum atomic E-state index is 13.3. The van der Waals surface area contributed by atoms with E-state index in [-0.39, 0.29) is 39.5 Å². The molecule has 3 N–H and O–H groups in total. The summed E-state index contributed by atoms with van der Waals surface area (Å²) in [5.41, 5.74) is 0. The first-order chi connectivity index (χ1) is 5.18. The molecule has 0 atom stereocenters. The second-order valence-electron chi connectivity index (χ2n) is 2.37. The third-order valence-corrected chi connectivity index (χ3v) is 1.50. The van der Waals surface area contributed by atoms with Crippen molar-refractivity contribution in [2.24, 2.45) is 0 Å². The molecule has 0 aliphatic heterocycles. The Bertz CT molecular complexity index is 84.8. The Kier molecular flexibility index (Phi) is 5.31. The Morgan fingerprint density at radius 2 is 1.09 bits per heavy atom. The summed E-state index contributed by atoms with van der Waals surface area (Å²) in [6.07, 6.45) is 0. The predicted octanol–water partition coefficient (Wildman–Crippen LogP) is -1.34. The zero-order valence-electron chi connectivity index (χ0n) is 6.41. The molecule has 0 bridgehead atoms. The van der Waals surface area contributed by atoms with Crippen molar-refractivity contribution in [2.75, 3.05) is 39.5 Å². The van der Waals surface area contributed by atoms with E-state index in [1.165, 1.54) is 0 Å². The van der Waals surface area contributed by atoms with Gasteiger partial charge in [0.2, 0.25) is 0 Å². The summed E-state index contributed by atoms with van der Waals surface area (Å²) < 4.78 is 12.3. The minimum atomic E-state index is -0.969. The van der Waals surface area contributed by atoms with Gasteiger partial charge in [0.05, 0.1) is 19.8 Å². The molecule has 0 aliphatic rings. The lowest BCUT2D eigenvalue weighted by atomic mass is 10.4. The zero-order valence-corrected chi connectivity index (χ0v) is 6.41. The van der Waals surface area contributed by atoms with Gasteiger partial charge in [0.1, 0.15) is 19.6 Å². The Labute approximate surface area is 65.0 Å². The van der Waals surface area contributed by atoms with Crippen LogP contribution in [0.4, 0.5) is 4.48 Å². The first-order valence-corrected chi connectivity index (χ1v) is 3.57. The molecule has 0 heterocycles. The number of hydrogen-bond donors (Lipinski definition) is 3. The van der Waals surface area contributed by atoms with E-state index in [4.69, 9.17) is 15.3 Å². The Hall–Kier alpha value is -0.230. The van der Waals surface area contributed by atoms with Crippen molar-refractivity contribution < 1.29 is 24.5 Å². The second-order valence-corrected chi connectivity index (χ2v) is 2.37. The number of halogens is 1. The van der Waals surface area contributed by atoms with Gasteiger partial charge in [0.25, 0.3) is 0 Å². The van der Waals surface area contributed by atoms with Crippen LogP contribution >= 0.6 is 0 Å². The van der Waals surface area contributed by atoms with Gasteiger partial charge in [-0.05, 0) is 4.48 Å². The van der Waals surface area contributed by atoms with E-state index in [0.29, 0.717) is 0 Å². The fourth-order valence-corrected chi connectivity index (χ4v) is 0.873. The van der Waals surface area contributed by atoms with E-state index in [1.807, 2.05) is 0 Å². The highest BCUT2D eigenvalue weighted by Gasteiger charge is 2.26. The largest absolute Gasteiger partial charge is 0.390 e. The van der Waals surface area contributed by atoms with Crippen LogP contribution in [-0.2, 0) is 0 Å². The minimum Gasteiger partial charge on any atom is -0.390 e. The molecule has 0 radical (unpaired) electrons. The number of nitrogens with zero attached hydrogens (tertiary/aromatic N) is 1. The van der Waals surface area contributed by atoms with E-state index >= 15 is 0 Å². The number of quaternary nitrogens is 1. The van der Waals surface area contributed by atoms with E-state index in [0.717, 1.165) is 0 Å². The van der Waals surface area contributed by atoms with Gasteiger partial charge in [-0.15, -0.1) is 4.71 Å². The molecule has 0 aromatic heterocycles. The molecule has 11 heavy (non-hydrogen) atoms. The lowest BCUT2D eigenvalue weighted by Gasteiger charge is -2.23. The number of aliphatic hydroxyl groups excluding tert-OH is 3. The fraction of sp³-hybridized carbons (Fsp3) is 1.00. The van der Waals surface area contributed by atoms with E-state index in [1.54, 1.807) is 0 Å². The van der Waals surface area contributed by atoms with Gasteiger partial charge in [0.15, 0.2) is 0 Å². The zero-order chi connectivity index (χ0) is 8.74. The van der Waals surface area contributed by atoms with Crippen LogP contribution in [0.5, 0.6) is 0 Å². The van der Waals surface area contributed by atoms with E-state index in [9.17, 15) is 4.48 Å². The van der Waals surface area contributed by atoms with Crippen LogP contribution in [0.15, 0.2) is 0 Å². The predicted molar refractivity (Wildman–Crippen MR) is 37.2 cm³/mol. The van der Waals surface area contributed by atoms with Gasteiger partial charge >= 0.3 is 0 Å². The lowest BCUT2D eigenvalue weighted by molar-refractivity contribution is -1.06. The van der Waals surface area contributed by atoms with Crippen molar-refractivity contribution in [3.63, 3.8) is 0 Å². The average molecular weight is 168 g/mol. The Balaban J connectivity index is 3.79. The maximum Gasteiger partial charge on any atom is 0.138 e. The van der Waals surface area contributed by atoms with Gasteiger partial charge in [-0.25, -0.2) is 0 Å². The van der Waals surface area contributed by atoms with Gasteiger partial charge in [-0.2, -0.15) is 0 Å². The summed E-state index contributed by atoms with van der Waals surface area (Å²) >= 11 is 0. The van der Waals surface area contributed by atoms with Crippen LogP contribution < -0.4 is 0 Å². The van der Waals surface area contributed by atoms with Crippen LogP contribution in [0.3, 0.4) is 0 Å². The van der Waals surface area contributed by atoms with E-state index < -0.39 is 4.71 Å². The summed E-state index contributed by atoms with van der Waals surface area (Å²) in [4.78, 5) is 0. The standard InChI is InChI=1S/C6H15FNO3/c7-8(1-4-9,2-5-10)3-6-11/h9-11H,1-6H2/q+1. The van der Waals surface area contributed by atoms with Crippen molar-refractivity contribution in [3.8, 4) is 0 Å². The van der Waals surface area contributed by atoms with Gasteiger partial charge in [-0.3, -0.25) is 0 Å². The van der Waals surface area contributed by atoms with Gasteiger partial charge in [0, 0.05) is 0 Å². The SMILES string of the molecule is OCC[N+](F)(CCO)CCO. The molecule has 0 unspecified atom stereocenters. The average Bonchev–Trinajstić information content (AvgIpc) is 1.88. The van der Waals surface area contributed by atoms with Gasteiger partial charge in [-0.1, -0.05) is 0 Å². The van der Waals surface area contributed by atoms with Crippen molar-refractivity contribution in [2.45, 2.75) is 0 Å². The molecule has 0 amide bonds. The van der Waals surface area contributed by atoms with Crippen LogP contribution in [0.25, 0.3) is 0 Å². The van der Waals surface area contributed by atoms with Crippen LogP contribution in [0, 0.1) is 0 Å². The molecule has 4 nitrogen and oxygen atoms in total. The summed E-state index contributed by atoms with van der Waals surface area (Å²) in [6.45, 7) is -1.09. The summed E-state index contributed by atoms with van der Waals surface area (Å²) in [6, 6.07) is 0. The monoisotopic (exact) mass is 168 g/mol. The summed E-state index contributed by atoms with van der Waals surface area (Å²) in [7, 11) is 0. The second kappa shape index (κ2) is 5.42. The smallest absolute Gasteiger partial charge is 0.138 e. The van der Waals surface area contributed by atoms with Crippen molar-refractivity contribution in [1.29, 1.82) is 0 Å². The number of rotatable bonds is 6. The number of aliphatic hydroxyl groups is 3. The topological polar surface area (TPSA) is 60.7 Å². The Morgan fingerprint density at radius 3 is 1.27 bits per heavy atom. The summed E-state index contributed by atoms with van der Waals surface area (Å²) in [5.74, 6) is 0. The highest BCUT2D eigenvalue weighted by atomic mass is 19.2. The fourth-order valence-electron chi connectivity index (χ4n) is 0.873. The van der Waals surface area contributed by atoms with Crippen molar-refractivity contribution >= 4 is 0 Å². The highest BCUT2D eigenvalue weighted by molar-refractivity contribution is 4.33. The molecular formula is C6H15FNO3+. The molecule has 0 aromatic rings. The summed E-state index contributed by atoms with van der Waals surface area (Å²) in [5, 5.41) is 25.3. The Morgan fingerprint density at radius 1 is 0.818 bits per heavy atom. The molecule has 0 fully saturated rings. The third-order valence-electron chi connectivity index (χ3n) is 1.50. The molecule has 0 aromatic carbocycles. The molecule has 0 rings (SSSR count). The normalized spacial score (nSPS) is 12.0. The maximum absolute atomic E-state index is 13.3. The first kappa shape index (κ1) is 10.8. The van der Waals surface area contributed by atoms with Crippen molar-refractivity contribution in [1.82, 2.24) is 0 Å². The molecule has 0 saturated heterocycles. The molecule has 0 aliphatic carbocycles. The minimum absolute atomic E-state index is 0.0822. The van der Waals surface area contributed by atoms with Crippen LogP contribution in [-0.4, -0.2) is 59.5 Å². The van der Waals surface area contributed by atoms with Gasteiger partial charge < -0.3 is 15.3 Å². The third kappa shape index (κ3) is 4.26. The lowest BCUT2D eigenvalue weighted by Crippen LogP contribution is -2.46. The van der Waals surface area contributed by atoms with E-state index in [2.05, 4.69) is 0 Å². The quantitative estimate of drug-likeness (QED) is 0.430. The molecule has 0 spiro atoms. The highest BCUT2D eigenvalue weighted by Crippen LogP contribution is 2.05. The molecule has 5 heteroatoms. The first-order valence-electron chi connectivity index (χ1n) is 3.57. The van der Waals surface area contributed by atoms with Crippen LogP contribution in [0.1, 0.15) is 0 Å². The number of hydrogen-bond acceptors (Lipinski definition) is 3. The van der Waals surface area contributed by atoms with Crippen LogP contribution in [0.2, 0.25) is 0 Å². The molecular weight excluding hydrogens is 153 g/mol. The molecule has 68 valence electrons.